The van der Waals surface area contributed by atoms with Gasteiger partial charge in [0.2, 0.25) is 10.0 Å². The van der Waals surface area contributed by atoms with Crippen molar-refractivity contribution in [1.82, 2.24) is 4.31 Å². The molecular weight excluding hydrogens is 354 g/mol. The molecule has 8 heteroatoms. The Labute approximate surface area is 154 Å². The van der Waals surface area contributed by atoms with Crippen molar-refractivity contribution in [3.63, 3.8) is 0 Å². The van der Waals surface area contributed by atoms with Gasteiger partial charge in [0.05, 0.1) is 27.4 Å². The fourth-order valence-electron chi connectivity index (χ4n) is 2.87. The van der Waals surface area contributed by atoms with Crippen LogP contribution < -0.4 is 14.6 Å². The average molecular weight is 378 g/mol. The summed E-state index contributed by atoms with van der Waals surface area (Å²) in [5.41, 5.74) is 1.10. The average Bonchev–Trinajstić information content (AvgIpc) is 2.69. The molecule has 1 aromatic carbocycles. The van der Waals surface area contributed by atoms with Crippen LogP contribution >= 0.6 is 0 Å². The Morgan fingerprint density at radius 2 is 2.00 bits per heavy atom. The van der Waals surface area contributed by atoms with Crippen LogP contribution in [-0.2, 0) is 21.3 Å². The summed E-state index contributed by atoms with van der Waals surface area (Å²) < 4.78 is 37.2. The minimum Gasteiger partial charge on any atom is -0.497 e. The van der Waals surface area contributed by atoms with Gasteiger partial charge in [0, 0.05) is 19.2 Å². The lowest BCUT2D eigenvalue weighted by atomic mass is 10.2. The molecule has 3 rings (SSSR count). The summed E-state index contributed by atoms with van der Waals surface area (Å²) in [7, 11) is 0.104. The van der Waals surface area contributed by atoms with Crippen LogP contribution in [-0.4, -0.2) is 53.2 Å². The predicted molar refractivity (Wildman–Crippen MR) is 97.7 cm³/mol. The molecule has 0 amide bonds. The highest BCUT2D eigenvalue weighted by Crippen LogP contribution is 2.19. The minimum absolute atomic E-state index is 0.262. The first-order valence-electron chi connectivity index (χ1n) is 8.44. The molecule has 0 atom stereocenters. The van der Waals surface area contributed by atoms with Gasteiger partial charge in [-0.25, -0.2) is 13.4 Å². The van der Waals surface area contributed by atoms with Crippen LogP contribution in [0.5, 0.6) is 5.75 Å². The number of morpholine rings is 1. The Balaban J connectivity index is 1.72. The molecule has 0 bridgehead atoms. The number of nitrogens with one attached hydrogen (secondary N) is 1. The third-order valence-corrected chi connectivity index (χ3v) is 6.24. The van der Waals surface area contributed by atoms with Crippen LogP contribution in [0.25, 0.3) is 0 Å². The first kappa shape index (κ1) is 18.6. The second kappa shape index (κ2) is 8.03. The smallest absolute Gasteiger partial charge is 0.274 e. The number of methoxy groups -OCH3 is 1. The molecule has 2 aromatic rings. The Hall–Kier alpha value is -2.16. The Kier molecular flexibility index (Phi) is 5.75. The zero-order chi connectivity index (χ0) is 18.6. The van der Waals surface area contributed by atoms with Crippen LogP contribution in [0.15, 0.2) is 47.5 Å². The number of H-pyrrole nitrogens is 1. The van der Waals surface area contributed by atoms with Crippen LogP contribution in [0, 0.1) is 0 Å². The van der Waals surface area contributed by atoms with Crippen molar-refractivity contribution in [3.05, 3.63) is 48.2 Å². The predicted octanol–water partition coefficient (Wildman–Crippen LogP) is 1.17. The normalized spacial score (nSPS) is 15.6. The molecule has 0 unspecified atom stereocenters. The molecule has 2 heterocycles. The minimum atomic E-state index is -3.49. The highest BCUT2D eigenvalue weighted by molar-refractivity contribution is 7.89. The van der Waals surface area contributed by atoms with E-state index in [1.54, 1.807) is 25.4 Å². The number of rotatable bonds is 6. The van der Waals surface area contributed by atoms with Crippen molar-refractivity contribution in [1.29, 1.82) is 0 Å². The van der Waals surface area contributed by atoms with Gasteiger partial charge in [-0.2, -0.15) is 4.31 Å². The molecule has 7 nitrogen and oxygen atoms in total. The zero-order valence-electron chi connectivity index (χ0n) is 15.0. The number of pyridine rings is 1. The number of benzene rings is 1. The van der Waals surface area contributed by atoms with E-state index in [9.17, 15) is 8.42 Å². The summed E-state index contributed by atoms with van der Waals surface area (Å²) in [6.45, 7) is 2.32. The highest BCUT2D eigenvalue weighted by atomic mass is 32.2. The van der Waals surface area contributed by atoms with Crippen molar-refractivity contribution in [2.75, 3.05) is 45.4 Å². The van der Waals surface area contributed by atoms with Crippen molar-refractivity contribution >= 4 is 15.8 Å². The molecule has 1 fully saturated rings. The van der Waals surface area contributed by atoms with Crippen molar-refractivity contribution < 1.29 is 22.9 Å². The Morgan fingerprint density at radius 1 is 1.23 bits per heavy atom. The van der Waals surface area contributed by atoms with Gasteiger partial charge in [0.25, 0.3) is 5.82 Å². The van der Waals surface area contributed by atoms with Crippen LogP contribution in [0.4, 0.5) is 5.82 Å². The fraction of sp³-hybridized carbons (Fsp3) is 0.389. The summed E-state index contributed by atoms with van der Waals surface area (Å²) in [4.78, 5) is 5.36. The van der Waals surface area contributed by atoms with E-state index < -0.39 is 10.0 Å². The molecule has 1 saturated heterocycles. The molecule has 0 aliphatic carbocycles. The van der Waals surface area contributed by atoms with E-state index in [-0.39, 0.29) is 4.90 Å². The molecule has 140 valence electrons. The molecular formula is C18H24N3O4S+. The third kappa shape index (κ3) is 4.14. The fourth-order valence-corrected chi connectivity index (χ4v) is 4.24. The molecule has 0 saturated carbocycles. The first-order valence-corrected chi connectivity index (χ1v) is 9.88. The van der Waals surface area contributed by atoms with E-state index in [1.807, 2.05) is 36.2 Å². The van der Waals surface area contributed by atoms with E-state index in [1.165, 1.54) is 4.31 Å². The molecule has 1 N–H and O–H groups in total. The summed E-state index contributed by atoms with van der Waals surface area (Å²) in [5, 5.41) is 0. The van der Waals surface area contributed by atoms with Gasteiger partial charge in [0.1, 0.15) is 23.4 Å². The second-order valence-corrected chi connectivity index (χ2v) is 8.07. The number of aromatic nitrogens is 1. The number of aromatic amines is 1. The van der Waals surface area contributed by atoms with E-state index in [4.69, 9.17) is 9.47 Å². The molecule has 1 aliphatic heterocycles. The van der Waals surface area contributed by atoms with Crippen LogP contribution in [0.2, 0.25) is 0 Å². The Bertz CT molecular complexity index is 834. The lowest BCUT2D eigenvalue weighted by Crippen LogP contribution is -2.41. The van der Waals surface area contributed by atoms with Gasteiger partial charge in [-0.05, 0) is 23.8 Å². The van der Waals surface area contributed by atoms with E-state index in [2.05, 4.69) is 4.98 Å². The van der Waals surface area contributed by atoms with E-state index >= 15 is 0 Å². The van der Waals surface area contributed by atoms with E-state index in [0.717, 1.165) is 17.1 Å². The number of hydrogen-bond donors (Lipinski definition) is 0. The first-order chi connectivity index (χ1) is 12.5. The van der Waals surface area contributed by atoms with Gasteiger partial charge in [0.15, 0.2) is 0 Å². The van der Waals surface area contributed by atoms with Gasteiger partial charge in [-0.3, -0.25) is 4.90 Å². The van der Waals surface area contributed by atoms with Crippen LogP contribution in [0.3, 0.4) is 0 Å². The zero-order valence-corrected chi connectivity index (χ0v) is 15.8. The summed E-state index contributed by atoms with van der Waals surface area (Å²) in [6.07, 6.45) is 1.54. The van der Waals surface area contributed by atoms with E-state index in [0.29, 0.717) is 32.8 Å². The quantitative estimate of drug-likeness (QED) is 0.754. The largest absolute Gasteiger partial charge is 0.497 e. The van der Waals surface area contributed by atoms with Gasteiger partial charge in [-0.15, -0.1) is 0 Å². The molecule has 0 spiro atoms. The molecule has 1 aromatic heterocycles. The number of hydrogen-bond acceptors (Lipinski definition) is 5. The SMILES string of the molecule is COc1cccc(CN(C)c2ccc(S(=O)(=O)N3CCOCC3)c[nH+]2)c1. The summed E-state index contributed by atoms with van der Waals surface area (Å²) >= 11 is 0. The molecule has 1 aliphatic rings. The van der Waals surface area contributed by atoms with Crippen LogP contribution in [0.1, 0.15) is 5.56 Å². The highest BCUT2D eigenvalue weighted by Gasteiger charge is 2.27. The lowest BCUT2D eigenvalue weighted by molar-refractivity contribution is -0.367. The number of sulfonamides is 1. The maximum Gasteiger partial charge on any atom is 0.274 e. The topological polar surface area (TPSA) is 73.2 Å². The lowest BCUT2D eigenvalue weighted by Gasteiger charge is -2.25. The van der Waals surface area contributed by atoms with Crippen molar-refractivity contribution in [2.24, 2.45) is 0 Å². The van der Waals surface area contributed by atoms with Gasteiger partial charge < -0.3 is 9.47 Å². The number of ether oxygens (including phenoxy) is 2. The van der Waals surface area contributed by atoms with Crippen molar-refractivity contribution in [3.8, 4) is 5.75 Å². The van der Waals surface area contributed by atoms with Gasteiger partial charge in [-0.1, -0.05) is 12.1 Å². The molecule has 26 heavy (non-hydrogen) atoms. The summed E-state index contributed by atoms with van der Waals surface area (Å²) in [5.74, 6) is 1.64. The number of anilines is 1. The molecule has 0 radical (unpaired) electrons. The monoisotopic (exact) mass is 378 g/mol. The maximum absolute atomic E-state index is 12.7. The maximum atomic E-state index is 12.7. The van der Waals surface area contributed by atoms with Gasteiger partial charge >= 0.3 is 0 Å². The number of nitrogens with zero attached hydrogens (tertiary/aromatic N) is 2. The second-order valence-electron chi connectivity index (χ2n) is 6.13. The standard InChI is InChI=1S/C18H23N3O4S/c1-20(14-15-4-3-5-16(12-15)24-2)18-7-6-17(13-19-18)26(22,23)21-8-10-25-11-9-21/h3-7,12-13H,8-11,14H2,1-2H3/p+1. The Morgan fingerprint density at radius 3 is 2.65 bits per heavy atom. The third-order valence-electron chi connectivity index (χ3n) is 4.34. The van der Waals surface area contributed by atoms with Crippen molar-refractivity contribution in [2.45, 2.75) is 11.4 Å². The summed E-state index contributed by atoms with van der Waals surface area (Å²) in [6, 6.07) is 11.3.